The zero-order chi connectivity index (χ0) is 18.6. The van der Waals surface area contributed by atoms with Crippen LogP contribution in [0.4, 0.5) is 0 Å². The summed E-state index contributed by atoms with van der Waals surface area (Å²) in [5, 5.41) is 19.3. The summed E-state index contributed by atoms with van der Waals surface area (Å²) in [5.41, 5.74) is 3.86. The lowest BCUT2D eigenvalue weighted by atomic mass is 9.83. The van der Waals surface area contributed by atoms with Crippen molar-refractivity contribution >= 4 is 17.3 Å². The molecule has 2 fully saturated rings. The van der Waals surface area contributed by atoms with Crippen molar-refractivity contribution in [2.75, 3.05) is 7.05 Å². The Balaban J connectivity index is 1.66. The van der Waals surface area contributed by atoms with Crippen molar-refractivity contribution in [3.63, 3.8) is 0 Å². The number of hydrogen-bond donors (Lipinski definition) is 3. The van der Waals surface area contributed by atoms with Crippen LogP contribution in [0, 0.1) is 5.41 Å². The van der Waals surface area contributed by atoms with E-state index < -0.39 is 0 Å². The molecule has 2 aromatic heterocycles. The monoisotopic (exact) mass is 366 g/mol. The molecular weight excluding hydrogens is 336 g/mol. The van der Waals surface area contributed by atoms with E-state index in [9.17, 15) is 0 Å². The molecule has 6 heteroatoms. The van der Waals surface area contributed by atoms with Crippen molar-refractivity contribution in [3.8, 4) is 0 Å². The summed E-state index contributed by atoms with van der Waals surface area (Å²) in [5.74, 6) is 0.435. The first-order valence-electron chi connectivity index (χ1n) is 10.3. The molecule has 2 saturated carbocycles. The highest BCUT2D eigenvalue weighted by atomic mass is 15.2. The second kappa shape index (κ2) is 8.21. The molecule has 0 aliphatic heterocycles. The topological polar surface area (TPSA) is 78.1 Å². The fourth-order valence-electron chi connectivity index (χ4n) is 4.58. The highest BCUT2D eigenvalue weighted by molar-refractivity contribution is 6.07. The summed E-state index contributed by atoms with van der Waals surface area (Å²) >= 11 is 0. The molecule has 144 valence electrons. The largest absolute Gasteiger partial charge is 0.388 e. The third-order valence-corrected chi connectivity index (χ3v) is 6.17. The van der Waals surface area contributed by atoms with Crippen LogP contribution >= 0.6 is 0 Å². The lowest BCUT2D eigenvalue weighted by Gasteiger charge is -2.29. The Bertz CT molecular complexity index is 817. The van der Waals surface area contributed by atoms with E-state index in [2.05, 4.69) is 28.8 Å². The van der Waals surface area contributed by atoms with Gasteiger partial charge in [-0.15, -0.1) is 0 Å². The maximum absolute atomic E-state index is 7.91. The van der Waals surface area contributed by atoms with Crippen LogP contribution in [0.25, 0.3) is 11.1 Å². The summed E-state index contributed by atoms with van der Waals surface area (Å²) in [6, 6.07) is 3.14. The van der Waals surface area contributed by atoms with Crippen LogP contribution in [-0.2, 0) is 0 Å². The molecular formula is C21H30N6. The van der Waals surface area contributed by atoms with Gasteiger partial charge in [-0.2, -0.15) is 5.10 Å². The van der Waals surface area contributed by atoms with Gasteiger partial charge in [0.2, 0.25) is 0 Å². The molecule has 0 saturated heterocycles. The van der Waals surface area contributed by atoms with Gasteiger partial charge in [0.05, 0.1) is 29.3 Å². The second-order valence-electron chi connectivity index (χ2n) is 7.91. The molecule has 6 nitrogen and oxygen atoms in total. The zero-order valence-corrected chi connectivity index (χ0v) is 16.1. The maximum Gasteiger partial charge on any atom is 0.0919 e. The SMILES string of the molecule is CNC1CCC[C@H](c2nc(/C(C=N)=C/NC3CCCC3)cn3nccc23)C1. The highest BCUT2D eigenvalue weighted by Crippen LogP contribution is 2.34. The van der Waals surface area contributed by atoms with E-state index in [-0.39, 0.29) is 0 Å². The summed E-state index contributed by atoms with van der Waals surface area (Å²) in [6.07, 6.45) is 16.9. The first-order valence-corrected chi connectivity index (χ1v) is 10.3. The van der Waals surface area contributed by atoms with Crippen LogP contribution < -0.4 is 10.6 Å². The molecule has 3 N–H and O–H groups in total. The van der Waals surface area contributed by atoms with Gasteiger partial charge in [-0.1, -0.05) is 19.3 Å². The summed E-state index contributed by atoms with van der Waals surface area (Å²) in [4.78, 5) is 5.03. The minimum Gasteiger partial charge on any atom is -0.388 e. The molecule has 0 radical (unpaired) electrons. The van der Waals surface area contributed by atoms with Gasteiger partial charge in [-0.3, -0.25) is 0 Å². The molecule has 27 heavy (non-hydrogen) atoms. The third kappa shape index (κ3) is 3.90. The van der Waals surface area contributed by atoms with E-state index >= 15 is 0 Å². The van der Waals surface area contributed by atoms with Crippen molar-refractivity contribution in [1.29, 1.82) is 5.41 Å². The first-order chi connectivity index (χ1) is 13.3. The lowest BCUT2D eigenvalue weighted by Crippen LogP contribution is -2.31. The van der Waals surface area contributed by atoms with Gasteiger partial charge in [0.15, 0.2) is 0 Å². The Kier molecular flexibility index (Phi) is 5.53. The van der Waals surface area contributed by atoms with E-state index in [0.29, 0.717) is 18.0 Å². The van der Waals surface area contributed by atoms with Gasteiger partial charge in [0.25, 0.3) is 0 Å². The lowest BCUT2D eigenvalue weighted by molar-refractivity contribution is 0.352. The number of nitrogens with zero attached hydrogens (tertiary/aromatic N) is 3. The van der Waals surface area contributed by atoms with Crippen molar-refractivity contribution in [1.82, 2.24) is 25.2 Å². The number of fused-ring (bicyclic) bond motifs is 1. The predicted molar refractivity (Wildman–Crippen MR) is 109 cm³/mol. The third-order valence-electron chi connectivity index (χ3n) is 6.17. The van der Waals surface area contributed by atoms with Gasteiger partial charge in [-0.05, 0) is 45.2 Å². The molecule has 4 rings (SSSR count). The van der Waals surface area contributed by atoms with E-state index in [1.165, 1.54) is 51.2 Å². The first kappa shape index (κ1) is 18.2. The second-order valence-corrected chi connectivity index (χ2v) is 7.91. The molecule has 1 unspecified atom stereocenters. The van der Waals surface area contributed by atoms with E-state index in [4.69, 9.17) is 10.4 Å². The molecule has 0 aromatic carbocycles. The number of aromatic nitrogens is 3. The Labute approximate surface area is 161 Å². The fraction of sp³-hybridized carbons (Fsp3) is 0.571. The standard InChI is InChI=1S/C21H30N6/c1-23-18-8-4-5-15(11-18)21-20-9-10-25-27(20)14-19(26-21)16(12-22)13-24-17-6-2-3-7-17/h9-10,12-15,17-18,22-24H,2-8,11H2,1H3/b16-13+,22-12?/t15-,18?/m0/s1. The van der Waals surface area contributed by atoms with Gasteiger partial charge in [-0.25, -0.2) is 9.50 Å². The maximum atomic E-state index is 7.91. The predicted octanol–water partition coefficient (Wildman–Crippen LogP) is 3.50. The Hall–Kier alpha value is -2.21. The molecule has 2 aromatic rings. The van der Waals surface area contributed by atoms with Crippen LogP contribution in [0.15, 0.2) is 24.7 Å². The molecule has 0 spiro atoms. The molecule has 0 bridgehead atoms. The molecule has 2 aliphatic rings. The summed E-state index contributed by atoms with van der Waals surface area (Å²) < 4.78 is 1.92. The zero-order valence-electron chi connectivity index (χ0n) is 16.1. The molecule has 2 heterocycles. The Morgan fingerprint density at radius 3 is 2.78 bits per heavy atom. The normalized spacial score (nSPS) is 24.4. The van der Waals surface area contributed by atoms with E-state index in [1.807, 2.05) is 23.1 Å². The quantitative estimate of drug-likeness (QED) is 0.684. The van der Waals surface area contributed by atoms with Crippen molar-refractivity contribution in [2.24, 2.45) is 0 Å². The van der Waals surface area contributed by atoms with Gasteiger partial charge >= 0.3 is 0 Å². The number of rotatable bonds is 6. The Morgan fingerprint density at radius 2 is 2.00 bits per heavy atom. The van der Waals surface area contributed by atoms with E-state index in [1.54, 1.807) is 0 Å². The average Bonchev–Trinajstić information content (AvgIpc) is 3.39. The molecule has 0 amide bonds. The average molecular weight is 367 g/mol. The number of hydrogen-bond acceptors (Lipinski definition) is 5. The van der Waals surface area contributed by atoms with Crippen molar-refractivity contribution in [3.05, 3.63) is 36.0 Å². The van der Waals surface area contributed by atoms with Gasteiger partial charge < -0.3 is 16.0 Å². The van der Waals surface area contributed by atoms with Crippen LogP contribution in [0.5, 0.6) is 0 Å². The van der Waals surface area contributed by atoms with Crippen LogP contribution in [-0.4, -0.2) is 39.9 Å². The van der Waals surface area contributed by atoms with Crippen molar-refractivity contribution < 1.29 is 0 Å². The van der Waals surface area contributed by atoms with Gasteiger partial charge in [0, 0.05) is 36.0 Å². The van der Waals surface area contributed by atoms with Crippen LogP contribution in [0.1, 0.15) is 68.7 Å². The minimum atomic E-state index is 0.435. The summed E-state index contributed by atoms with van der Waals surface area (Å²) in [6.45, 7) is 0. The van der Waals surface area contributed by atoms with Crippen LogP contribution in [0.2, 0.25) is 0 Å². The molecule has 2 aliphatic carbocycles. The fourth-order valence-corrected chi connectivity index (χ4v) is 4.58. The summed E-state index contributed by atoms with van der Waals surface area (Å²) in [7, 11) is 2.05. The van der Waals surface area contributed by atoms with Gasteiger partial charge in [0.1, 0.15) is 0 Å². The van der Waals surface area contributed by atoms with Crippen molar-refractivity contribution in [2.45, 2.75) is 69.4 Å². The smallest absolute Gasteiger partial charge is 0.0919 e. The molecule has 2 atom stereocenters. The number of nitrogens with one attached hydrogen (secondary N) is 3. The number of allylic oxidation sites excluding steroid dienone is 1. The van der Waals surface area contributed by atoms with E-state index in [0.717, 1.165) is 28.9 Å². The van der Waals surface area contributed by atoms with Crippen LogP contribution in [0.3, 0.4) is 0 Å². The minimum absolute atomic E-state index is 0.435. The Morgan fingerprint density at radius 1 is 1.19 bits per heavy atom. The highest BCUT2D eigenvalue weighted by Gasteiger charge is 2.26.